The molecule has 0 unspecified atom stereocenters. The highest BCUT2D eigenvalue weighted by Gasteiger charge is 2.25. The van der Waals surface area contributed by atoms with Crippen LogP contribution in [0.4, 0.5) is 5.69 Å². The number of amides is 2. The number of nitrogens with one attached hydrogen (secondary N) is 1. The molecule has 1 saturated heterocycles. The number of likely N-dealkylation sites (tertiary alicyclic amines) is 1. The Morgan fingerprint density at radius 3 is 2.80 bits per heavy atom. The predicted octanol–water partition coefficient (Wildman–Crippen LogP) is 3.47. The topological polar surface area (TPSA) is 91.7 Å². The van der Waals surface area contributed by atoms with Gasteiger partial charge in [-0.25, -0.2) is 0 Å². The van der Waals surface area contributed by atoms with Crippen molar-refractivity contribution < 1.29 is 19.1 Å². The Hall–Kier alpha value is -3.24. The Labute approximate surface area is 179 Å². The molecular weight excluding hydrogens is 406 g/mol. The zero-order chi connectivity index (χ0) is 21.1. The quantitative estimate of drug-likeness (QED) is 0.809. The van der Waals surface area contributed by atoms with Crippen molar-refractivity contribution >= 4 is 29.1 Å². The Balaban J connectivity index is 1.31. The number of benzene rings is 2. The van der Waals surface area contributed by atoms with Crippen LogP contribution in [0.25, 0.3) is 0 Å². The molecule has 7 nitrogen and oxygen atoms in total. The van der Waals surface area contributed by atoms with E-state index in [0.717, 1.165) is 12.8 Å². The molecule has 4 rings (SSSR count). The fraction of sp³-hybridized carbons (Fsp3) is 0.318. The van der Waals surface area contributed by atoms with Crippen LogP contribution in [-0.2, 0) is 4.79 Å². The maximum Gasteiger partial charge on any atom is 0.262 e. The molecule has 8 heteroatoms. The molecule has 2 heterocycles. The highest BCUT2D eigenvalue weighted by molar-refractivity contribution is 6.32. The van der Waals surface area contributed by atoms with E-state index in [0.29, 0.717) is 59.0 Å². The number of carbonyl (C=O) groups is 2. The van der Waals surface area contributed by atoms with Gasteiger partial charge >= 0.3 is 0 Å². The van der Waals surface area contributed by atoms with Crippen molar-refractivity contribution in [2.75, 3.05) is 31.6 Å². The van der Waals surface area contributed by atoms with Crippen LogP contribution in [0.3, 0.4) is 0 Å². The molecule has 2 aliphatic heterocycles. The van der Waals surface area contributed by atoms with Gasteiger partial charge in [0, 0.05) is 18.7 Å². The number of halogens is 1. The molecule has 0 aromatic heterocycles. The van der Waals surface area contributed by atoms with Crippen LogP contribution >= 0.6 is 11.6 Å². The number of nitriles is 1. The zero-order valence-electron chi connectivity index (χ0n) is 16.2. The third-order valence-corrected chi connectivity index (χ3v) is 5.59. The molecule has 1 N–H and O–H groups in total. The summed E-state index contributed by atoms with van der Waals surface area (Å²) in [7, 11) is 0. The molecule has 0 aliphatic carbocycles. The second-order valence-electron chi connectivity index (χ2n) is 7.35. The van der Waals surface area contributed by atoms with E-state index in [-0.39, 0.29) is 18.4 Å². The van der Waals surface area contributed by atoms with E-state index >= 15 is 0 Å². The molecule has 2 amide bonds. The number of rotatable bonds is 4. The number of fused-ring (bicyclic) bond motifs is 1. The van der Waals surface area contributed by atoms with Gasteiger partial charge in [0.05, 0.1) is 28.9 Å². The van der Waals surface area contributed by atoms with Gasteiger partial charge in [0.25, 0.3) is 11.8 Å². The van der Waals surface area contributed by atoms with Crippen molar-refractivity contribution in [2.45, 2.75) is 12.8 Å². The highest BCUT2D eigenvalue weighted by atomic mass is 35.5. The zero-order valence-corrected chi connectivity index (χ0v) is 16.9. The summed E-state index contributed by atoms with van der Waals surface area (Å²) in [4.78, 5) is 26.2. The Bertz CT molecular complexity index is 1030. The second-order valence-corrected chi connectivity index (χ2v) is 7.76. The summed E-state index contributed by atoms with van der Waals surface area (Å²) < 4.78 is 11.2. The first kappa shape index (κ1) is 20.0. The number of hydrogen-bond acceptors (Lipinski definition) is 5. The summed E-state index contributed by atoms with van der Waals surface area (Å²) >= 11 is 6.15. The van der Waals surface area contributed by atoms with Crippen molar-refractivity contribution in [3.63, 3.8) is 0 Å². The first-order chi connectivity index (χ1) is 14.5. The van der Waals surface area contributed by atoms with E-state index in [1.807, 2.05) is 11.0 Å². The van der Waals surface area contributed by atoms with Crippen LogP contribution in [-0.4, -0.2) is 43.0 Å². The van der Waals surface area contributed by atoms with Crippen molar-refractivity contribution in [3.8, 4) is 17.6 Å². The lowest BCUT2D eigenvalue weighted by atomic mass is 9.97. The first-order valence-electron chi connectivity index (χ1n) is 9.72. The highest BCUT2D eigenvalue weighted by Crippen LogP contribution is 2.30. The normalized spacial score (nSPS) is 16.1. The summed E-state index contributed by atoms with van der Waals surface area (Å²) in [5, 5.41) is 12.1. The summed E-state index contributed by atoms with van der Waals surface area (Å²) in [6.45, 7) is 1.77. The van der Waals surface area contributed by atoms with Crippen LogP contribution in [0.1, 0.15) is 28.8 Å². The van der Waals surface area contributed by atoms with Gasteiger partial charge in [-0.1, -0.05) is 11.6 Å². The average Bonchev–Trinajstić information content (AvgIpc) is 2.77. The van der Waals surface area contributed by atoms with Crippen LogP contribution in [0.15, 0.2) is 36.4 Å². The maximum absolute atomic E-state index is 12.9. The molecule has 30 heavy (non-hydrogen) atoms. The molecule has 154 valence electrons. The smallest absolute Gasteiger partial charge is 0.262 e. The number of piperidine rings is 1. The van der Waals surface area contributed by atoms with Gasteiger partial charge in [-0.3, -0.25) is 9.59 Å². The van der Waals surface area contributed by atoms with Crippen molar-refractivity contribution in [3.05, 3.63) is 52.5 Å². The molecule has 1 fully saturated rings. The molecule has 0 spiro atoms. The van der Waals surface area contributed by atoms with Crippen LogP contribution in [0.5, 0.6) is 11.5 Å². The van der Waals surface area contributed by atoms with E-state index in [2.05, 4.69) is 5.32 Å². The molecule has 0 radical (unpaired) electrons. The van der Waals surface area contributed by atoms with Gasteiger partial charge in [-0.05, 0) is 55.2 Å². The maximum atomic E-state index is 12.9. The van der Waals surface area contributed by atoms with Crippen molar-refractivity contribution in [2.24, 2.45) is 5.92 Å². The first-order valence-corrected chi connectivity index (χ1v) is 10.1. The predicted molar refractivity (Wildman–Crippen MR) is 111 cm³/mol. The van der Waals surface area contributed by atoms with E-state index < -0.39 is 0 Å². The van der Waals surface area contributed by atoms with Gasteiger partial charge in [-0.15, -0.1) is 0 Å². The fourth-order valence-corrected chi connectivity index (χ4v) is 3.83. The minimum Gasteiger partial charge on any atom is -0.492 e. The third-order valence-electron chi connectivity index (χ3n) is 5.30. The molecule has 2 aromatic rings. The van der Waals surface area contributed by atoms with E-state index in [4.69, 9.17) is 26.3 Å². The van der Waals surface area contributed by atoms with E-state index in [9.17, 15) is 9.59 Å². The molecular formula is C22H20ClN3O4. The van der Waals surface area contributed by atoms with Crippen LogP contribution < -0.4 is 14.8 Å². The van der Waals surface area contributed by atoms with Crippen LogP contribution in [0, 0.1) is 17.2 Å². The molecule has 0 atom stereocenters. The van der Waals surface area contributed by atoms with Crippen LogP contribution in [0.2, 0.25) is 5.02 Å². The van der Waals surface area contributed by atoms with Crippen molar-refractivity contribution in [1.29, 1.82) is 5.26 Å². The Kier molecular flexibility index (Phi) is 5.77. The second kappa shape index (κ2) is 8.64. The third kappa shape index (κ3) is 4.34. The van der Waals surface area contributed by atoms with Gasteiger partial charge in [0.15, 0.2) is 6.61 Å². The van der Waals surface area contributed by atoms with Gasteiger partial charge in [-0.2, -0.15) is 5.26 Å². The minimum absolute atomic E-state index is 0.0104. The van der Waals surface area contributed by atoms with E-state index in [1.54, 1.807) is 36.4 Å². The summed E-state index contributed by atoms with van der Waals surface area (Å²) in [5.41, 5.74) is 1.55. The number of nitrogens with zero attached hydrogens (tertiary/aromatic N) is 2. The summed E-state index contributed by atoms with van der Waals surface area (Å²) in [6, 6.07) is 12.1. The van der Waals surface area contributed by atoms with Crippen molar-refractivity contribution in [1.82, 2.24) is 4.90 Å². The molecule has 2 aliphatic rings. The lowest BCUT2D eigenvalue weighted by Gasteiger charge is -2.32. The lowest BCUT2D eigenvalue weighted by molar-refractivity contribution is -0.118. The lowest BCUT2D eigenvalue weighted by Crippen LogP contribution is -2.39. The number of anilines is 1. The summed E-state index contributed by atoms with van der Waals surface area (Å²) in [5.74, 6) is 1.16. The average molecular weight is 426 g/mol. The monoisotopic (exact) mass is 425 g/mol. The summed E-state index contributed by atoms with van der Waals surface area (Å²) in [6.07, 6.45) is 1.65. The number of ether oxygens (including phenoxy) is 2. The standard InChI is InChI=1S/C22H20ClN3O4/c23-17-9-15(11-24)1-3-19(17)29-12-14-5-7-26(8-6-14)22(28)16-2-4-20-18(10-16)25-21(27)13-30-20/h1-4,9-10,14H,5-8,12-13H2,(H,25,27). The molecule has 0 saturated carbocycles. The SMILES string of the molecule is N#Cc1ccc(OCC2CCN(C(=O)c3ccc4c(c3)NC(=O)CO4)CC2)c(Cl)c1. The number of carbonyl (C=O) groups excluding carboxylic acids is 2. The van der Waals surface area contributed by atoms with Gasteiger partial charge in [0.2, 0.25) is 0 Å². The number of hydrogen-bond donors (Lipinski definition) is 1. The van der Waals surface area contributed by atoms with Gasteiger partial charge < -0.3 is 19.7 Å². The van der Waals surface area contributed by atoms with Gasteiger partial charge in [0.1, 0.15) is 11.5 Å². The minimum atomic E-state index is -0.227. The van der Waals surface area contributed by atoms with E-state index in [1.165, 1.54) is 0 Å². The Morgan fingerprint density at radius 2 is 2.07 bits per heavy atom. The largest absolute Gasteiger partial charge is 0.492 e. The fourth-order valence-electron chi connectivity index (χ4n) is 3.60. The Morgan fingerprint density at radius 1 is 1.27 bits per heavy atom. The molecule has 0 bridgehead atoms. The molecule has 2 aromatic carbocycles.